The molecule has 0 bridgehead atoms. The number of hydrogen-bond donors (Lipinski definition) is 1. The zero-order valence-electron chi connectivity index (χ0n) is 19.0. The summed E-state index contributed by atoms with van der Waals surface area (Å²) in [7, 11) is 0. The number of hydrogen-bond acceptors (Lipinski definition) is 5. The van der Waals surface area contributed by atoms with Gasteiger partial charge in [0.2, 0.25) is 5.82 Å². The fraction of sp³-hybridized carbons (Fsp3) is 0.333. The van der Waals surface area contributed by atoms with Crippen LogP contribution < -0.4 is 9.62 Å². The lowest BCUT2D eigenvalue weighted by molar-refractivity contribution is -0.144. The second-order valence-electron chi connectivity index (χ2n) is 8.87. The van der Waals surface area contributed by atoms with Crippen LogP contribution in [-0.4, -0.2) is 31.8 Å². The zero-order chi connectivity index (χ0) is 25.3. The molecule has 6 nitrogen and oxygen atoms in total. The van der Waals surface area contributed by atoms with Gasteiger partial charge in [-0.3, -0.25) is 4.21 Å². The van der Waals surface area contributed by atoms with Crippen molar-refractivity contribution in [3.8, 4) is 22.4 Å². The highest BCUT2D eigenvalue weighted by Crippen LogP contribution is 2.42. The van der Waals surface area contributed by atoms with Crippen LogP contribution >= 0.6 is 0 Å². The van der Waals surface area contributed by atoms with E-state index in [-0.39, 0.29) is 34.6 Å². The highest BCUT2D eigenvalue weighted by atomic mass is 32.2. The van der Waals surface area contributed by atoms with E-state index in [1.807, 2.05) is 18.7 Å². The van der Waals surface area contributed by atoms with Gasteiger partial charge in [0.05, 0.1) is 11.3 Å². The van der Waals surface area contributed by atoms with E-state index in [1.54, 1.807) is 12.1 Å². The van der Waals surface area contributed by atoms with Gasteiger partial charge in [-0.05, 0) is 60.2 Å². The molecule has 3 unspecified atom stereocenters. The molecule has 0 amide bonds. The minimum absolute atomic E-state index is 0.0198. The van der Waals surface area contributed by atoms with Crippen molar-refractivity contribution < 1.29 is 26.3 Å². The van der Waals surface area contributed by atoms with E-state index < -0.39 is 29.1 Å². The Morgan fingerprint density at radius 2 is 1.69 bits per heavy atom. The van der Waals surface area contributed by atoms with E-state index in [0.29, 0.717) is 24.2 Å². The number of anilines is 2. The molecule has 0 aliphatic carbocycles. The molecular formula is C24H23F4N4O2S-. The van der Waals surface area contributed by atoms with E-state index in [4.69, 9.17) is 0 Å². The predicted molar refractivity (Wildman–Crippen MR) is 126 cm³/mol. The predicted octanol–water partition coefficient (Wildman–Crippen LogP) is 5.66. The Morgan fingerprint density at radius 1 is 1.03 bits per heavy atom. The van der Waals surface area contributed by atoms with Gasteiger partial charge in [-0.1, -0.05) is 26.0 Å². The van der Waals surface area contributed by atoms with Crippen molar-refractivity contribution in [1.29, 1.82) is 0 Å². The van der Waals surface area contributed by atoms with Crippen molar-refractivity contribution in [3.63, 3.8) is 0 Å². The van der Waals surface area contributed by atoms with Gasteiger partial charge >= 0.3 is 6.18 Å². The molecule has 1 N–H and O–H groups in total. The molecular weight excluding hydrogens is 484 g/mol. The topological polar surface area (TPSA) is 81.2 Å². The normalized spacial score (nSPS) is 19.5. The third-order valence-corrected chi connectivity index (χ3v) is 6.18. The van der Waals surface area contributed by atoms with Gasteiger partial charge in [-0.2, -0.15) is 13.2 Å². The van der Waals surface area contributed by atoms with Crippen LogP contribution in [0.25, 0.3) is 22.4 Å². The van der Waals surface area contributed by atoms with Crippen LogP contribution in [0.1, 0.15) is 26.1 Å². The number of nitrogens with one attached hydrogen (secondary N) is 1. The Labute approximate surface area is 202 Å². The van der Waals surface area contributed by atoms with Crippen LogP contribution in [0.2, 0.25) is 0 Å². The largest absolute Gasteiger partial charge is 0.755 e. The number of aromatic nitrogens is 2. The van der Waals surface area contributed by atoms with Crippen LogP contribution in [0, 0.1) is 17.7 Å². The molecule has 0 radical (unpaired) electrons. The van der Waals surface area contributed by atoms with Gasteiger partial charge in [0, 0.05) is 35.6 Å². The van der Waals surface area contributed by atoms with Crippen molar-refractivity contribution >= 4 is 22.8 Å². The van der Waals surface area contributed by atoms with Crippen LogP contribution in [0.5, 0.6) is 0 Å². The first-order valence-electron chi connectivity index (χ1n) is 11.0. The van der Waals surface area contributed by atoms with E-state index >= 15 is 0 Å². The van der Waals surface area contributed by atoms with Gasteiger partial charge in [0.1, 0.15) is 11.6 Å². The maximum atomic E-state index is 13.9. The number of nitrogens with zero attached hydrogens (tertiary/aromatic N) is 3. The lowest BCUT2D eigenvalue weighted by Crippen LogP contribution is -2.40. The van der Waals surface area contributed by atoms with E-state index in [2.05, 4.69) is 14.7 Å². The second kappa shape index (κ2) is 9.90. The summed E-state index contributed by atoms with van der Waals surface area (Å²) in [5.41, 5.74) is 1.22. The summed E-state index contributed by atoms with van der Waals surface area (Å²) in [6.07, 6.45) is -3.87. The van der Waals surface area contributed by atoms with Gasteiger partial charge in [0.15, 0.2) is 0 Å². The van der Waals surface area contributed by atoms with Crippen LogP contribution in [0.15, 0.2) is 48.5 Å². The maximum absolute atomic E-state index is 13.9. The smallest absolute Gasteiger partial charge is 0.451 e. The average Bonchev–Trinajstić information content (AvgIpc) is 2.77. The fourth-order valence-electron chi connectivity index (χ4n) is 4.56. The number of piperidine rings is 1. The van der Waals surface area contributed by atoms with Crippen LogP contribution in [0.4, 0.5) is 29.1 Å². The molecule has 1 aliphatic rings. The molecule has 0 saturated carbocycles. The lowest BCUT2D eigenvalue weighted by Gasteiger charge is -2.37. The summed E-state index contributed by atoms with van der Waals surface area (Å²) in [6, 6.07) is 11.3. The monoisotopic (exact) mass is 507 g/mol. The van der Waals surface area contributed by atoms with Crippen molar-refractivity contribution in [2.45, 2.75) is 26.4 Å². The van der Waals surface area contributed by atoms with Gasteiger partial charge < -0.3 is 14.2 Å². The Bertz CT molecular complexity index is 1230. The zero-order valence-corrected chi connectivity index (χ0v) is 19.8. The standard InChI is InChI=1S/C24H24F4N4O2S/c1-14-10-15(2)13-32(12-14)22-20(17-4-3-5-19(11-17)31-35(33)34)21(16-6-8-18(25)9-7-16)29-23(30-22)24(26,27)28/h3-9,11,14-15,31H,10,12-13H2,1-2H3,(H,33,34)/p-1. The average molecular weight is 508 g/mol. The van der Waals surface area contributed by atoms with Crippen molar-refractivity contribution in [1.82, 2.24) is 9.97 Å². The van der Waals surface area contributed by atoms with Crippen molar-refractivity contribution in [2.24, 2.45) is 11.8 Å². The third kappa shape index (κ3) is 5.79. The molecule has 2 aromatic carbocycles. The van der Waals surface area contributed by atoms with E-state index in [1.165, 1.54) is 24.3 Å². The summed E-state index contributed by atoms with van der Waals surface area (Å²) in [4.78, 5) is 9.68. The molecule has 3 aromatic rings. The second-order valence-corrected chi connectivity index (χ2v) is 9.54. The Morgan fingerprint density at radius 3 is 2.29 bits per heavy atom. The van der Waals surface area contributed by atoms with Crippen molar-refractivity contribution in [3.05, 3.63) is 60.2 Å². The number of halogens is 4. The number of alkyl halides is 3. The maximum Gasteiger partial charge on any atom is 0.451 e. The molecule has 3 atom stereocenters. The Balaban J connectivity index is 2.02. The third-order valence-electron chi connectivity index (χ3n) is 5.78. The fourth-order valence-corrected chi connectivity index (χ4v) is 4.88. The molecule has 186 valence electrons. The molecule has 4 rings (SSSR count). The molecule has 1 aliphatic heterocycles. The molecule has 11 heteroatoms. The highest BCUT2D eigenvalue weighted by Gasteiger charge is 2.38. The first kappa shape index (κ1) is 25.1. The molecule has 0 spiro atoms. The molecule has 35 heavy (non-hydrogen) atoms. The summed E-state index contributed by atoms with van der Waals surface area (Å²) in [5.74, 6) is -1.28. The van der Waals surface area contributed by atoms with Crippen molar-refractivity contribution in [2.75, 3.05) is 22.7 Å². The molecule has 1 aromatic heterocycles. The summed E-state index contributed by atoms with van der Waals surface area (Å²) < 4.78 is 80.0. The van der Waals surface area contributed by atoms with E-state index in [9.17, 15) is 26.3 Å². The first-order valence-corrected chi connectivity index (χ1v) is 12.0. The summed E-state index contributed by atoms with van der Waals surface area (Å²) >= 11 is -2.59. The molecule has 1 saturated heterocycles. The molecule has 1 fully saturated rings. The SMILES string of the molecule is CC1CC(C)CN(c2nc(C(F)(F)F)nc(-c3ccc(F)cc3)c2-c2cccc(NS(=O)[O-])c2)C1. The Kier molecular flexibility index (Phi) is 7.09. The summed E-state index contributed by atoms with van der Waals surface area (Å²) in [5, 5.41) is 0. The van der Waals surface area contributed by atoms with E-state index in [0.717, 1.165) is 18.6 Å². The number of benzene rings is 2. The minimum atomic E-state index is -4.81. The van der Waals surface area contributed by atoms with Gasteiger partial charge in [-0.25, -0.2) is 14.4 Å². The van der Waals surface area contributed by atoms with Crippen LogP contribution in [-0.2, 0) is 17.4 Å². The van der Waals surface area contributed by atoms with Crippen LogP contribution in [0.3, 0.4) is 0 Å². The highest BCUT2D eigenvalue weighted by molar-refractivity contribution is 7.80. The number of rotatable bonds is 5. The van der Waals surface area contributed by atoms with Gasteiger partial charge in [-0.15, -0.1) is 0 Å². The van der Waals surface area contributed by atoms with Gasteiger partial charge in [0.25, 0.3) is 0 Å². The summed E-state index contributed by atoms with van der Waals surface area (Å²) in [6.45, 7) is 5.06. The quantitative estimate of drug-likeness (QED) is 0.356. The minimum Gasteiger partial charge on any atom is -0.755 e. The lowest BCUT2D eigenvalue weighted by atomic mass is 9.91. The Hall–Kier alpha value is -3.05. The molecule has 2 heterocycles. The first-order chi connectivity index (χ1) is 16.5.